The number of thiocarbonyl (C=S) groups is 1. The van der Waals surface area contributed by atoms with E-state index >= 15 is 0 Å². The van der Waals surface area contributed by atoms with Crippen molar-refractivity contribution in [2.75, 3.05) is 33.1 Å². The van der Waals surface area contributed by atoms with Gasteiger partial charge in [-0.25, -0.2) is 0 Å². The molecule has 0 heterocycles. The minimum absolute atomic E-state index is 0.246. The van der Waals surface area contributed by atoms with Gasteiger partial charge < -0.3 is 20.3 Å². The summed E-state index contributed by atoms with van der Waals surface area (Å²) in [6, 6.07) is 16.7. The minimum atomic E-state index is 0.246. The van der Waals surface area contributed by atoms with E-state index in [4.69, 9.17) is 17.0 Å². The van der Waals surface area contributed by atoms with Crippen LogP contribution in [0.1, 0.15) is 24.1 Å². The Balaban J connectivity index is 1.96. The van der Waals surface area contributed by atoms with Crippen LogP contribution in [0.25, 0.3) is 0 Å². The molecule has 0 saturated heterocycles. The van der Waals surface area contributed by atoms with Crippen LogP contribution < -0.4 is 15.4 Å². The van der Waals surface area contributed by atoms with Gasteiger partial charge in [0.2, 0.25) is 0 Å². The van der Waals surface area contributed by atoms with Crippen LogP contribution in [0.5, 0.6) is 5.75 Å². The first-order valence-electron chi connectivity index (χ1n) is 8.47. The van der Waals surface area contributed by atoms with Crippen molar-refractivity contribution in [2.24, 2.45) is 0 Å². The molecule has 0 saturated carbocycles. The molecule has 0 radical (unpaired) electrons. The highest BCUT2D eigenvalue weighted by molar-refractivity contribution is 7.80. The summed E-state index contributed by atoms with van der Waals surface area (Å²) >= 11 is 5.43. The topological polar surface area (TPSA) is 36.5 Å². The van der Waals surface area contributed by atoms with Crippen LogP contribution in [0, 0.1) is 0 Å². The second-order valence-electron chi connectivity index (χ2n) is 6.14. The number of hydrogen-bond acceptors (Lipinski definition) is 3. The summed E-state index contributed by atoms with van der Waals surface area (Å²) in [5.74, 6) is 0.801. The lowest BCUT2D eigenvalue weighted by atomic mass is 10.0. The van der Waals surface area contributed by atoms with Crippen LogP contribution in [0.15, 0.2) is 48.5 Å². The third-order valence-electron chi connectivity index (χ3n) is 4.18. The Kier molecular flexibility index (Phi) is 7.22. The van der Waals surface area contributed by atoms with Crippen LogP contribution in [0.3, 0.4) is 0 Å². The maximum Gasteiger partial charge on any atom is 0.170 e. The molecule has 0 amide bonds. The molecule has 0 aliphatic rings. The van der Waals surface area contributed by atoms with Gasteiger partial charge >= 0.3 is 0 Å². The van der Waals surface area contributed by atoms with Crippen LogP contribution in [-0.4, -0.2) is 37.8 Å². The summed E-state index contributed by atoms with van der Waals surface area (Å²) in [6.07, 6.45) is 1.06. The Morgan fingerprint density at radius 3 is 2.48 bits per heavy atom. The molecule has 134 valence electrons. The zero-order chi connectivity index (χ0) is 18.2. The lowest BCUT2D eigenvalue weighted by Gasteiger charge is -2.26. The molecule has 2 aromatic rings. The van der Waals surface area contributed by atoms with Gasteiger partial charge in [0.25, 0.3) is 0 Å². The Hall–Kier alpha value is -2.11. The van der Waals surface area contributed by atoms with Gasteiger partial charge in [-0.05, 0) is 56.0 Å². The van der Waals surface area contributed by atoms with Crippen LogP contribution in [0.4, 0.5) is 5.69 Å². The number of methoxy groups -OCH3 is 1. The number of nitrogens with zero attached hydrogens (tertiary/aromatic N) is 1. The third-order valence-corrected chi connectivity index (χ3v) is 4.43. The number of ether oxygens (including phenoxy) is 1. The number of aryl methyl sites for hydroxylation is 1. The van der Waals surface area contributed by atoms with E-state index in [1.54, 1.807) is 7.11 Å². The maximum atomic E-state index is 5.43. The molecule has 2 N–H and O–H groups in total. The smallest absolute Gasteiger partial charge is 0.170 e. The van der Waals surface area contributed by atoms with E-state index in [1.807, 2.05) is 24.3 Å². The van der Waals surface area contributed by atoms with Gasteiger partial charge in [0.15, 0.2) is 5.11 Å². The molecule has 0 spiro atoms. The van der Waals surface area contributed by atoms with Crippen LogP contribution in [0.2, 0.25) is 0 Å². The monoisotopic (exact) mass is 357 g/mol. The van der Waals surface area contributed by atoms with E-state index in [-0.39, 0.29) is 6.04 Å². The Morgan fingerprint density at radius 2 is 1.88 bits per heavy atom. The molecule has 0 aromatic heterocycles. The van der Waals surface area contributed by atoms with Crippen molar-refractivity contribution in [3.05, 3.63) is 59.7 Å². The number of anilines is 1. The predicted octanol–water partition coefficient (Wildman–Crippen LogP) is 3.85. The second-order valence-corrected chi connectivity index (χ2v) is 6.55. The maximum absolute atomic E-state index is 5.43. The molecule has 25 heavy (non-hydrogen) atoms. The van der Waals surface area contributed by atoms with Crippen LogP contribution in [-0.2, 0) is 6.42 Å². The van der Waals surface area contributed by atoms with Crippen LogP contribution >= 0.6 is 12.2 Å². The van der Waals surface area contributed by atoms with Crippen molar-refractivity contribution >= 4 is 23.0 Å². The predicted molar refractivity (Wildman–Crippen MR) is 109 cm³/mol. The molecule has 0 unspecified atom stereocenters. The summed E-state index contributed by atoms with van der Waals surface area (Å²) in [4.78, 5) is 2.20. The Morgan fingerprint density at radius 1 is 1.16 bits per heavy atom. The second kappa shape index (κ2) is 9.39. The zero-order valence-corrected chi connectivity index (χ0v) is 16.2. The number of benzene rings is 2. The SMILES string of the molecule is CCc1ccc([C@H](CNC(=S)Nc2cccc(OC)c2)N(C)C)cc1. The molecule has 1 atom stereocenters. The largest absolute Gasteiger partial charge is 0.497 e. The number of hydrogen-bond donors (Lipinski definition) is 2. The highest BCUT2D eigenvalue weighted by atomic mass is 32.1. The van der Waals surface area contributed by atoms with E-state index in [2.05, 4.69) is 60.8 Å². The molecule has 0 bridgehead atoms. The van der Waals surface area contributed by atoms with E-state index in [1.165, 1.54) is 11.1 Å². The molecule has 0 aliphatic carbocycles. The standard InChI is InChI=1S/C20H27N3OS/c1-5-15-9-11-16(12-10-15)19(23(2)3)14-21-20(25)22-17-7-6-8-18(13-17)24-4/h6-13,19H,5,14H2,1-4H3,(H2,21,22,25)/t19-/m0/s1. The van der Waals surface area contributed by atoms with Gasteiger partial charge in [-0.3, -0.25) is 0 Å². The van der Waals surface area contributed by atoms with E-state index in [9.17, 15) is 0 Å². The van der Waals surface area contributed by atoms with Crippen molar-refractivity contribution in [3.63, 3.8) is 0 Å². The van der Waals surface area contributed by atoms with Gasteiger partial charge in [-0.2, -0.15) is 0 Å². The summed E-state index contributed by atoms with van der Waals surface area (Å²) in [7, 11) is 5.82. The highest BCUT2D eigenvalue weighted by Gasteiger charge is 2.14. The first-order chi connectivity index (χ1) is 12.0. The van der Waals surface area contributed by atoms with Gasteiger partial charge in [-0.1, -0.05) is 37.3 Å². The lowest BCUT2D eigenvalue weighted by molar-refractivity contribution is 0.299. The normalized spacial score (nSPS) is 11.9. The first-order valence-corrected chi connectivity index (χ1v) is 8.88. The van der Waals surface area contributed by atoms with Gasteiger partial charge in [0.1, 0.15) is 5.75 Å². The average molecular weight is 358 g/mol. The van der Waals surface area contributed by atoms with Crippen molar-refractivity contribution in [2.45, 2.75) is 19.4 Å². The highest BCUT2D eigenvalue weighted by Crippen LogP contribution is 2.19. The summed E-state index contributed by atoms with van der Waals surface area (Å²) in [6.45, 7) is 2.90. The lowest BCUT2D eigenvalue weighted by Crippen LogP contribution is -2.36. The van der Waals surface area contributed by atoms with Crippen molar-refractivity contribution < 1.29 is 4.74 Å². The van der Waals surface area contributed by atoms with E-state index in [0.717, 1.165) is 24.4 Å². The third kappa shape index (κ3) is 5.73. The van der Waals surface area contributed by atoms with E-state index < -0.39 is 0 Å². The summed E-state index contributed by atoms with van der Waals surface area (Å²) in [5, 5.41) is 7.12. The van der Waals surface area contributed by atoms with E-state index in [0.29, 0.717) is 5.11 Å². The molecule has 4 nitrogen and oxygen atoms in total. The van der Waals surface area contributed by atoms with Crippen molar-refractivity contribution in [1.29, 1.82) is 0 Å². The number of likely N-dealkylation sites (N-methyl/N-ethyl adjacent to an activating group) is 1. The molecule has 2 aromatic carbocycles. The zero-order valence-electron chi connectivity index (χ0n) is 15.4. The Bertz CT molecular complexity index is 686. The summed E-state index contributed by atoms with van der Waals surface area (Å²) < 4.78 is 5.23. The Labute approximate surface area is 156 Å². The van der Waals surface area contributed by atoms with Crippen molar-refractivity contribution in [1.82, 2.24) is 10.2 Å². The summed E-state index contributed by atoms with van der Waals surface area (Å²) in [5.41, 5.74) is 3.54. The van der Waals surface area contributed by atoms with Crippen molar-refractivity contribution in [3.8, 4) is 5.75 Å². The molecule has 5 heteroatoms. The molecular formula is C20H27N3OS. The number of nitrogens with one attached hydrogen (secondary N) is 2. The molecule has 2 rings (SSSR count). The quantitative estimate of drug-likeness (QED) is 0.736. The molecular weight excluding hydrogens is 330 g/mol. The first kappa shape index (κ1) is 19.2. The fourth-order valence-corrected chi connectivity index (χ4v) is 2.84. The molecule has 0 fully saturated rings. The van der Waals surface area contributed by atoms with Gasteiger partial charge in [0, 0.05) is 18.3 Å². The average Bonchev–Trinajstić information content (AvgIpc) is 2.62. The van der Waals surface area contributed by atoms with Gasteiger partial charge in [-0.15, -0.1) is 0 Å². The fourth-order valence-electron chi connectivity index (χ4n) is 2.64. The van der Waals surface area contributed by atoms with Gasteiger partial charge in [0.05, 0.1) is 13.2 Å². The number of rotatable bonds is 7. The minimum Gasteiger partial charge on any atom is -0.497 e. The fraction of sp³-hybridized carbons (Fsp3) is 0.350. The molecule has 0 aliphatic heterocycles.